The molecule has 3 rings (SSSR count). The van der Waals surface area contributed by atoms with Gasteiger partial charge >= 0.3 is 6.18 Å². The number of rotatable bonds is 7. The van der Waals surface area contributed by atoms with Crippen molar-refractivity contribution in [2.45, 2.75) is 37.5 Å². The van der Waals surface area contributed by atoms with Crippen LogP contribution in [0.3, 0.4) is 0 Å². The number of aromatic nitrogens is 1. The number of halogens is 4. The number of aliphatic hydroxyl groups is 1. The van der Waals surface area contributed by atoms with E-state index in [0.29, 0.717) is 17.1 Å². The van der Waals surface area contributed by atoms with Gasteiger partial charge in [-0.2, -0.15) is 13.2 Å². The molecule has 9 heteroatoms. The van der Waals surface area contributed by atoms with E-state index in [1.807, 2.05) is 0 Å². The highest BCUT2D eigenvalue weighted by Gasteiger charge is 2.53. The highest BCUT2D eigenvalue weighted by Crippen LogP contribution is 2.42. The number of hydrogen-bond acceptors (Lipinski definition) is 4. The third kappa shape index (κ3) is 4.67. The number of hydrogen-bond donors (Lipinski definition) is 2. The Labute approximate surface area is 181 Å². The van der Waals surface area contributed by atoms with E-state index in [-0.39, 0.29) is 29.0 Å². The smallest absolute Gasteiger partial charge is 0.422 e. The summed E-state index contributed by atoms with van der Waals surface area (Å²) >= 11 is 0. The molecule has 2 unspecified atom stereocenters. The van der Waals surface area contributed by atoms with Crippen molar-refractivity contribution in [1.29, 1.82) is 0 Å². The lowest BCUT2D eigenvalue weighted by molar-refractivity contribution is -0.232. The molecule has 0 saturated heterocycles. The normalized spacial score (nSPS) is 15.1. The fraction of sp³-hybridized carbons (Fsp3) is 0.304. The zero-order valence-electron chi connectivity index (χ0n) is 17.4. The lowest BCUT2D eigenvalue weighted by Crippen LogP contribution is -2.47. The molecular formula is C23H22F4N2O3. The topological polar surface area (TPSA) is 74.7 Å². The van der Waals surface area contributed by atoms with Crippen LogP contribution in [0.2, 0.25) is 0 Å². The van der Waals surface area contributed by atoms with Crippen LogP contribution in [0.25, 0.3) is 10.9 Å². The molecule has 2 N–H and O–H groups in total. The first-order chi connectivity index (χ1) is 15.1. The number of pyridine rings is 1. The van der Waals surface area contributed by atoms with E-state index in [0.717, 1.165) is 6.07 Å². The molecule has 0 fully saturated rings. The van der Waals surface area contributed by atoms with E-state index in [1.54, 1.807) is 13.0 Å². The Morgan fingerprint density at radius 2 is 1.88 bits per heavy atom. The average Bonchev–Trinajstić information content (AvgIpc) is 2.74. The summed E-state index contributed by atoms with van der Waals surface area (Å²) in [4.78, 5) is 18.0. The summed E-state index contributed by atoms with van der Waals surface area (Å²) in [5.74, 6) is -1.71. The second kappa shape index (κ2) is 9.12. The van der Waals surface area contributed by atoms with Crippen LogP contribution in [0.4, 0.5) is 23.2 Å². The maximum atomic E-state index is 14.1. The lowest BCUT2D eigenvalue weighted by atomic mass is 9.84. The van der Waals surface area contributed by atoms with E-state index < -0.39 is 29.9 Å². The molecule has 0 radical (unpaired) electrons. The van der Waals surface area contributed by atoms with Crippen LogP contribution < -0.4 is 10.3 Å². The number of aliphatic imine (C=N–C) groups is 1. The van der Waals surface area contributed by atoms with Crippen molar-refractivity contribution in [1.82, 2.24) is 4.98 Å². The molecule has 170 valence electrons. The van der Waals surface area contributed by atoms with Crippen LogP contribution >= 0.6 is 0 Å². The second-order valence-corrected chi connectivity index (χ2v) is 7.41. The van der Waals surface area contributed by atoms with Gasteiger partial charge in [0.05, 0.1) is 18.3 Å². The molecule has 0 saturated carbocycles. The zero-order chi connectivity index (χ0) is 23.5. The summed E-state index contributed by atoms with van der Waals surface area (Å²) in [7, 11) is 1.23. The molecule has 1 aromatic heterocycles. The molecule has 5 nitrogen and oxygen atoms in total. The highest BCUT2D eigenvalue weighted by atomic mass is 19.4. The molecule has 2 aromatic carbocycles. The fourth-order valence-electron chi connectivity index (χ4n) is 3.61. The van der Waals surface area contributed by atoms with Crippen molar-refractivity contribution >= 4 is 22.8 Å². The fourth-order valence-corrected chi connectivity index (χ4v) is 3.61. The predicted molar refractivity (Wildman–Crippen MR) is 114 cm³/mol. The van der Waals surface area contributed by atoms with Gasteiger partial charge in [-0.1, -0.05) is 25.1 Å². The van der Waals surface area contributed by atoms with Crippen LogP contribution in [-0.2, 0) is 0 Å². The number of benzene rings is 2. The van der Waals surface area contributed by atoms with Gasteiger partial charge in [0.2, 0.25) is 5.56 Å². The Hall–Kier alpha value is -3.20. The minimum Gasteiger partial charge on any atom is -0.493 e. The molecular weight excluding hydrogens is 428 g/mol. The quantitative estimate of drug-likeness (QED) is 0.381. The number of para-hydroxylation sites is 1. The largest absolute Gasteiger partial charge is 0.493 e. The summed E-state index contributed by atoms with van der Waals surface area (Å²) in [5.41, 5.74) is -2.86. The van der Waals surface area contributed by atoms with E-state index in [1.165, 1.54) is 43.5 Å². The van der Waals surface area contributed by atoms with Crippen molar-refractivity contribution < 1.29 is 27.4 Å². The molecule has 3 aromatic rings. The summed E-state index contributed by atoms with van der Waals surface area (Å²) in [5, 5.41) is 11.1. The van der Waals surface area contributed by atoms with E-state index >= 15 is 0 Å². The Balaban J connectivity index is 2.02. The maximum Gasteiger partial charge on any atom is 0.422 e. The number of methoxy groups -OCH3 is 1. The van der Waals surface area contributed by atoms with E-state index in [4.69, 9.17) is 4.74 Å². The molecule has 0 amide bonds. The lowest BCUT2D eigenvalue weighted by Gasteiger charge is -2.31. The predicted octanol–water partition coefficient (Wildman–Crippen LogP) is 5.26. The van der Waals surface area contributed by atoms with Crippen LogP contribution in [0.15, 0.2) is 58.3 Å². The van der Waals surface area contributed by atoms with Gasteiger partial charge < -0.3 is 14.8 Å². The summed E-state index contributed by atoms with van der Waals surface area (Å²) in [6, 6.07) is 11.3. The van der Waals surface area contributed by atoms with Crippen molar-refractivity contribution in [3.8, 4) is 5.75 Å². The number of fused-ring (bicyclic) bond motifs is 1. The first-order valence-electron chi connectivity index (χ1n) is 9.88. The minimum atomic E-state index is -5.04. The van der Waals surface area contributed by atoms with Crippen LogP contribution in [0.5, 0.6) is 5.75 Å². The third-order valence-corrected chi connectivity index (χ3v) is 5.34. The van der Waals surface area contributed by atoms with Crippen molar-refractivity contribution in [2.75, 3.05) is 7.11 Å². The van der Waals surface area contributed by atoms with Gasteiger partial charge in [0.15, 0.2) is 17.2 Å². The molecule has 32 heavy (non-hydrogen) atoms. The number of H-pyrrole nitrogens is 1. The molecule has 0 aliphatic heterocycles. The highest BCUT2D eigenvalue weighted by molar-refractivity contribution is 5.91. The van der Waals surface area contributed by atoms with Crippen molar-refractivity contribution in [2.24, 2.45) is 4.99 Å². The van der Waals surface area contributed by atoms with Gasteiger partial charge in [-0.15, -0.1) is 0 Å². The molecule has 0 aliphatic carbocycles. The number of aromatic amines is 1. The van der Waals surface area contributed by atoms with E-state index in [2.05, 4.69) is 9.98 Å². The SMILES string of the molecule is CCC(CC(O)(C=Nc1cccc2[nH]c(=O)ccc12)C(F)(F)F)c1cccc(F)c1OC. The first-order valence-corrected chi connectivity index (χ1v) is 9.88. The first kappa shape index (κ1) is 23.5. The van der Waals surface area contributed by atoms with E-state index in [9.17, 15) is 27.5 Å². The van der Waals surface area contributed by atoms with Crippen molar-refractivity contribution in [3.05, 3.63) is 70.3 Å². The van der Waals surface area contributed by atoms with Gasteiger partial charge in [0, 0.05) is 23.2 Å². The van der Waals surface area contributed by atoms with Crippen molar-refractivity contribution in [3.63, 3.8) is 0 Å². The number of alkyl halides is 3. The molecule has 0 spiro atoms. The number of nitrogens with zero attached hydrogens (tertiary/aromatic N) is 1. The van der Waals surface area contributed by atoms with Crippen LogP contribution in [0.1, 0.15) is 31.2 Å². The summed E-state index contributed by atoms with van der Waals surface area (Å²) in [6.45, 7) is 1.64. The number of nitrogens with one attached hydrogen (secondary N) is 1. The zero-order valence-corrected chi connectivity index (χ0v) is 17.4. The summed E-state index contributed by atoms with van der Waals surface area (Å²) in [6.07, 6.45) is -5.16. The second-order valence-electron chi connectivity index (χ2n) is 7.41. The third-order valence-electron chi connectivity index (χ3n) is 5.34. The van der Waals surface area contributed by atoms with Gasteiger partial charge in [-0.25, -0.2) is 4.39 Å². The van der Waals surface area contributed by atoms with Gasteiger partial charge in [-0.3, -0.25) is 9.79 Å². The van der Waals surface area contributed by atoms with Gasteiger partial charge in [0.25, 0.3) is 0 Å². The monoisotopic (exact) mass is 450 g/mol. The van der Waals surface area contributed by atoms with Gasteiger partial charge in [0.1, 0.15) is 0 Å². The summed E-state index contributed by atoms with van der Waals surface area (Å²) < 4.78 is 61.0. The Morgan fingerprint density at radius 3 is 2.53 bits per heavy atom. The molecule has 1 heterocycles. The van der Waals surface area contributed by atoms with Crippen LogP contribution in [-0.4, -0.2) is 35.2 Å². The maximum absolute atomic E-state index is 14.1. The molecule has 0 bridgehead atoms. The molecule has 0 aliphatic rings. The average molecular weight is 450 g/mol. The van der Waals surface area contributed by atoms with Gasteiger partial charge in [-0.05, 0) is 43.0 Å². The Kier molecular flexibility index (Phi) is 6.68. The Bertz CT molecular complexity index is 1190. The minimum absolute atomic E-state index is 0.151. The number of ether oxygens (including phenoxy) is 1. The standard InChI is InChI=1S/C23H22F4N2O3/c1-3-14(15-6-4-7-17(24)21(15)32-2)12-22(31,23(25,26)27)13-28-18-8-5-9-19-16(18)10-11-20(30)29-19/h4-11,13-14,31H,3,12H2,1-2H3,(H,29,30). The molecule has 2 atom stereocenters. The Morgan fingerprint density at radius 1 is 1.16 bits per heavy atom. The van der Waals surface area contributed by atoms with Crippen LogP contribution in [0, 0.1) is 5.82 Å².